The Bertz CT molecular complexity index is 848. The van der Waals surface area contributed by atoms with E-state index in [1.165, 1.54) is 19.3 Å². The average Bonchev–Trinajstić information content (AvgIpc) is 2.78. The lowest BCUT2D eigenvalue weighted by Crippen LogP contribution is -2.53. The van der Waals surface area contributed by atoms with Crippen molar-refractivity contribution in [3.05, 3.63) is 30.3 Å². The molecule has 0 radical (unpaired) electrons. The van der Waals surface area contributed by atoms with Crippen molar-refractivity contribution in [2.24, 2.45) is 29.1 Å². The number of benzene rings is 1. The van der Waals surface area contributed by atoms with Crippen LogP contribution < -0.4 is 5.32 Å². The van der Waals surface area contributed by atoms with Gasteiger partial charge in [0.05, 0.1) is 5.92 Å². The van der Waals surface area contributed by atoms with Gasteiger partial charge in [0, 0.05) is 24.2 Å². The summed E-state index contributed by atoms with van der Waals surface area (Å²) in [6, 6.07) is 9.11. The van der Waals surface area contributed by atoms with Crippen LogP contribution in [0, 0.1) is 29.1 Å². The zero-order chi connectivity index (χ0) is 22.3. The number of piperidine rings is 1. The number of nitrogens with zero attached hydrogens (tertiary/aromatic N) is 1. The molecule has 1 aromatic rings. The van der Waals surface area contributed by atoms with Crippen molar-refractivity contribution in [3.63, 3.8) is 0 Å². The number of hydrogen-bond acceptors (Lipinski definition) is 4. The average molecular weight is 439 g/mol. The lowest BCUT2D eigenvalue weighted by molar-refractivity contribution is -0.168. The predicted molar refractivity (Wildman–Crippen MR) is 121 cm³/mol. The summed E-state index contributed by atoms with van der Waals surface area (Å²) in [5.41, 5.74) is 0.472. The molecule has 0 aromatic heterocycles. The number of anilines is 1. The van der Waals surface area contributed by atoms with E-state index in [0.717, 1.165) is 31.4 Å². The van der Waals surface area contributed by atoms with Gasteiger partial charge in [0.1, 0.15) is 0 Å². The normalized spacial score (nSPS) is 34.1. The first-order valence-electron chi connectivity index (χ1n) is 12.3. The van der Waals surface area contributed by atoms with E-state index in [4.69, 9.17) is 4.74 Å². The zero-order valence-corrected chi connectivity index (χ0v) is 18.9. The van der Waals surface area contributed by atoms with Crippen molar-refractivity contribution in [3.8, 4) is 0 Å². The Balaban J connectivity index is 1.17. The summed E-state index contributed by atoms with van der Waals surface area (Å²) >= 11 is 0. The van der Waals surface area contributed by atoms with Crippen molar-refractivity contribution < 1.29 is 19.1 Å². The van der Waals surface area contributed by atoms with E-state index >= 15 is 0 Å². The summed E-state index contributed by atoms with van der Waals surface area (Å²) < 4.78 is 5.74. The third-order valence-corrected chi connectivity index (χ3v) is 8.29. The first kappa shape index (κ1) is 21.5. The van der Waals surface area contributed by atoms with Crippen LogP contribution in [0.4, 0.5) is 10.5 Å². The molecule has 4 bridgehead atoms. The van der Waals surface area contributed by atoms with Crippen LogP contribution in [0.2, 0.25) is 0 Å². The third-order valence-electron chi connectivity index (χ3n) is 8.29. The van der Waals surface area contributed by atoms with Gasteiger partial charge in [0.15, 0.2) is 11.9 Å². The van der Waals surface area contributed by atoms with E-state index in [0.29, 0.717) is 37.3 Å². The Hall–Kier alpha value is -2.37. The zero-order valence-electron chi connectivity index (χ0n) is 18.9. The molecule has 5 fully saturated rings. The minimum absolute atomic E-state index is 0.138. The number of Topliss-reactive ketones (excluding diaryl/α,β-unsaturated/α-hetero) is 1. The Morgan fingerprint density at radius 3 is 2.28 bits per heavy atom. The van der Waals surface area contributed by atoms with Gasteiger partial charge in [-0.25, -0.2) is 4.79 Å². The van der Waals surface area contributed by atoms with Gasteiger partial charge in [-0.2, -0.15) is 0 Å². The number of nitrogens with one attached hydrogen (secondary N) is 1. The Kier molecular flexibility index (Phi) is 5.72. The quantitative estimate of drug-likeness (QED) is 0.679. The standard InChI is InChI=1S/C26H34N2O4/c1-17(23(29)26-13-18-10-19(14-26)12-20(11-18)15-26)32-24(30)21-6-5-9-28(16-21)25(31)27-22-7-3-2-4-8-22/h2-4,7-8,17-21H,5-6,9-16H2,1H3,(H,27,31). The lowest BCUT2D eigenvalue weighted by Gasteiger charge is -2.56. The molecule has 172 valence electrons. The second kappa shape index (κ2) is 8.53. The topological polar surface area (TPSA) is 75.7 Å². The van der Waals surface area contributed by atoms with Gasteiger partial charge >= 0.3 is 12.0 Å². The van der Waals surface area contributed by atoms with Crippen LogP contribution in [-0.2, 0) is 14.3 Å². The van der Waals surface area contributed by atoms with Crippen molar-refractivity contribution in [1.82, 2.24) is 4.90 Å². The van der Waals surface area contributed by atoms with E-state index in [9.17, 15) is 14.4 Å². The Morgan fingerprint density at radius 2 is 1.66 bits per heavy atom. The number of ether oxygens (including phenoxy) is 1. The first-order valence-corrected chi connectivity index (χ1v) is 12.3. The molecule has 2 unspecified atom stereocenters. The predicted octanol–water partition coefficient (Wildman–Crippen LogP) is 4.65. The van der Waals surface area contributed by atoms with Crippen LogP contribution in [-0.4, -0.2) is 41.9 Å². The van der Waals surface area contributed by atoms with Gasteiger partial charge in [-0.05, 0) is 88.2 Å². The lowest BCUT2D eigenvalue weighted by atomic mass is 9.48. The third kappa shape index (κ3) is 4.16. The van der Waals surface area contributed by atoms with E-state index < -0.39 is 6.10 Å². The molecule has 4 aliphatic carbocycles. The molecule has 6 rings (SSSR count). The SMILES string of the molecule is CC(OC(=O)C1CCCN(C(=O)Nc2ccccc2)C1)C(=O)C12CC3CC(CC(C3)C1)C2. The molecule has 2 amide bonds. The highest BCUT2D eigenvalue weighted by Gasteiger charge is 2.55. The minimum Gasteiger partial charge on any atom is -0.454 e. The van der Waals surface area contributed by atoms with Crippen LogP contribution >= 0.6 is 0 Å². The highest BCUT2D eigenvalue weighted by molar-refractivity contribution is 5.92. The smallest absolute Gasteiger partial charge is 0.321 e. The summed E-state index contributed by atoms with van der Waals surface area (Å²) in [6.45, 7) is 2.70. The van der Waals surface area contributed by atoms with E-state index in [1.54, 1.807) is 11.8 Å². The molecule has 1 saturated heterocycles. The maximum atomic E-state index is 13.4. The minimum atomic E-state index is -0.702. The Morgan fingerprint density at radius 1 is 1.03 bits per heavy atom. The number of likely N-dealkylation sites (tertiary alicyclic amines) is 1. The molecule has 1 heterocycles. The van der Waals surface area contributed by atoms with Crippen molar-refractivity contribution >= 4 is 23.5 Å². The van der Waals surface area contributed by atoms with Gasteiger partial charge in [-0.15, -0.1) is 0 Å². The van der Waals surface area contributed by atoms with Crippen molar-refractivity contribution in [2.45, 2.75) is 64.4 Å². The summed E-state index contributed by atoms with van der Waals surface area (Å²) in [7, 11) is 0. The summed E-state index contributed by atoms with van der Waals surface area (Å²) in [5.74, 6) is 1.47. The second-order valence-corrected chi connectivity index (χ2v) is 10.7. The van der Waals surface area contributed by atoms with Crippen LogP contribution in [0.1, 0.15) is 58.3 Å². The number of carbonyl (C=O) groups excluding carboxylic acids is 3. The monoisotopic (exact) mass is 438 g/mol. The molecule has 1 aromatic carbocycles. The molecule has 2 atom stereocenters. The van der Waals surface area contributed by atoms with Crippen LogP contribution in [0.25, 0.3) is 0 Å². The van der Waals surface area contributed by atoms with E-state index in [1.807, 2.05) is 30.3 Å². The van der Waals surface area contributed by atoms with Crippen LogP contribution in [0.3, 0.4) is 0 Å². The molecule has 4 saturated carbocycles. The molecule has 6 nitrogen and oxygen atoms in total. The number of rotatable bonds is 5. The number of hydrogen-bond donors (Lipinski definition) is 1. The summed E-state index contributed by atoms with van der Waals surface area (Å²) in [5, 5.41) is 2.89. The van der Waals surface area contributed by atoms with Crippen LogP contribution in [0.15, 0.2) is 30.3 Å². The molecule has 0 spiro atoms. The maximum absolute atomic E-state index is 13.4. The highest BCUT2D eigenvalue weighted by atomic mass is 16.5. The first-order chi connectivity index (χ1) is 15.4. The van der Waals surface area contributed by atoms with Crippen molar-refractivity contribution in [1.29, 1.82) is 0 Å². The van der Waals surface area contributed by atoms with Crippen molar-refractivity contribution in [2.75, 3.05) is 18.4 Å². The molecule has 1 N–H and O–H groups in total. The van der Waals surface area contributed by atoms with Gasteiger partial charge in [-0.3, -0.25) is 9.59 Å². The molecule has 1 aliphatic heterocycles. The Labute approximate surface area is 190 Å². The number of urea groups is 1. The van der Waals surface area contributed by atoms with E-state index in [2.05, 4.69) is 5.32 Å². The molecular weight excluding hydrogens is 404 g/mol. The van der Waals surface area contributed by atoms with Gasteiger partial charge in [0.25, 0.3) is 0 Å². The number of amides is 2. The fraction of sp³-hybridized carbons (Fsp3) is 0.654. The largest absolute Gasteiger partial charge is 0.454 e. The molecule has 32 heavy (non-hydrogen) atoms. The number of carbonyl (C=O) groups is 3. The number of ketones is 1. The van der Waals surface area contributed by atoms with Gasteiger partial charge in [0.2, 0.25) is 0 Å². The summed E-state index contributed by atoms with van der Waals surface area (Å²) in [4.78, 5) is 40.7. The van der Waals surface area contributed by atoms with Gasteiger partial charge in [-0.1, -0.05) is 18.2 Å². The molecular formula is C26H34N2O4. The fourth-order valence-corrected chi connectivity index (χ4v) is 7.25. The maximum Gasteiger partial charge on any atom is 0.321 e. The highest BCUT2D eigenvalue weighted by Crippen LogP contribution is 2.60. The number of esters is 1. The fourth-order valence-electron chi connectivity index (χ4n) is 7.25. The number of para-hydroxylation sites is 1. The molecule has 5 aliphatic rings. The van der Waals surface area contributed by atoms with Gasteiger partial charge < -0.3 is 15.0 Å². The second-order valence-electron chi connectivity index (χ2n) is 10.7. The van der Waals surface area contributed by atoms with E-state index in [-0.39, 0.29) is 29.1 Å². The van der Waals surface area contributed by atoms with Crippen LogP contribution in [0.5, 0.6) is 0 Å². The molecule has 6 heteroatoms. The summed E-state index contributed by atoms with van der Waals surface area (Å²) in [6.07, 6.45) is 7.53.